The highest BCUT2D eigenvalue weighted by molar-refractivity contribution is 6.32. The predicted molar refractivity (Wildman–Crippen MR) is 262 cm³/mol. The van der Waals surface area contributed by atoms with Crippen molar-refractivity contribution in [3.05, 3.63) is 163 Å². The van der Waals surface area contributed by atoms with Gasteiger partial charge in [0.25, 0.3) is 0 Å². The monoisotopic (exact) mass is 947 g/mol. The van der Waals surface area contributed by atoms with Crippen molar-refractivity contribution >= 4 is 41.6 Å². The van der Waals surface area contributed by atoms with Crippen LogP contribution in [-0.2, 0) is 44.4 Å². The lowest BCUT2D eigenvalue weighted by molar-refractivity contribution is -0.142. The van der Waals surface area contributed by atoms with Crippen molar-refractivity contribution in [2.24, 2.45) is 15.9 Å². The number of carboxylic acids is 1. The Hall–Kier alpha value is -6.35. The van der Waals surface area contributed by atoms with Crippen molar-refractivity contribution in [1.29, 1.82) is 0 Å². The Kier molecular flexibility index (Phi) is 17.9. The van der Waals surface area contributed by atoms with E-state index >= 15 is 0 Å². The average molecular weight is 949 g/mol. The van der Waals surface area contributed by atoms with E-state index in [2.05, 4.69) is 44.3 Å². The van der Waals surface area contributed by atoms with Crippen LogP contribution in [0.25, 0.3) is 11.1 Å². The second kappa shape index (κ2) is 23.9. The van der Waals surface area contributed by atoms with Crippen LogP contribution in [-0.4, -0.2) is 69.9 Å². The number of benzene rings is 4. The Morgan fingerprint density at radius 3 is 1.58 bits per heavy atom. The first-order chi connectivity index (χ1) is 32.3. The van der Waals surface area contributed by atoms with Crippen molar-refractivity contribution in [1.82, 2.24) is 15.3 Å². The van der Waals surface area contributed by atoms with Gasteiger partial charge >= 0.3 is 5.97 Å². The number of nitrogens with one attached hydrogen (secondary N) is 1. The van der Waals surface area contributed by atoms with Gasteiger partial charge in [0.05, 0.1) is 22.8 Å². The third-order valence-corrected chi connectivity index (χ3v) is 12.0. The molecule has 4 N–H and O–H groups in total. The second-order valence-electron chi connectivity index (χ2n) is 16.1. The molecule has 0 bridgehead atoms. The van der Waals surface area contributed by atoms with Crippen LogP contribution in [0.1, 0.15) is 69.5 Å². The maximum Gasteiger partial charge on any atom is 0.321 e. The number of aliphatic hydroxyl groups is 2. The summed E-state index contributed by atoms with van der Waals surface area (Å²) in [5, 5.41) is 33.9. The van der Waals surface area contributed by atoms with Crippen molar-refractivity contribution in [2.75, 3.05) is 14.1 Å². The Morgan fingerprint density at radius 1 is 0.672 bits per heavy atom. The number of aliphatic imine (C=N–C) groups is 2. The zero-order valence-electron chi connectivity index (χ0n) is 38.3. The van der Waals surface area contributed by atoms with Gasteiger partial charge in [-0.05, 0) is 78.4 Å². The summed E-state index contributed by atoms with van der Waals surface area (Å²) in [5.41, 5.74) is 10.4. The van der Waals surface area contributed by atoms with Gasteiger partial charge in [-0.25, -0.2) is 0 Å². The number of rotatable bonds is 22. The van der Waals surface area contributed by atoms with E-state index < -0.39 is 24.0 Å². The highest BCUT2D eigenvalue weighted by atomic mass is 35.5. The Balaban J connectivity index is 1.19. The SMILES string of the molecule is C/N=C/c1cncc(COc2cc(OCc3cccc(-c4cccc(COc5cc(OCc6cncc(/C=N/C)c6)c(CN[C@H](C(=O)O)[C@@H](C)[C@H](C)O)cc5Cl)c4C)c3C)c(Cl)cc2CO)c1. The number of nitrogens with zero attached hydrogens (tertiary/aromatic N) is 4. The van der Waals surface area contributed by atoms with Crippen LogP contribution in [0.4, 0.5) is 0 Å². The third kappa shape index (κ3) is 13.2. The quantitative estimate of drug-likeness (QED) is 0.0477. The molecule has 6 aromatic rings. The summed E-state index contributed by atoms with van der Waals surface area (Å²) < 4.78 is 25.2. The number of aliphatic carboxylic acids is 1. The smallest absolute Gasteiger partial charge is 0.321 e. The fourth-order valence-electron chi connectivity index (χ4n) is 7.41. The highest BCUT2D eigenvalue weighted by Gasteiger charge is 2.28. The number of aliphatic hydroxyl groups excluding tert-OH is 2. The van der Waals surface area contributed by atoms with Crippen molar-refractivity contribution in [3.8, 4) is 34.1 Å². The van der Waals surface area contributed by atoms with E-state index in [0.29, 0.717) is 44.2 Å². The third-order valence-electron chi connectivity index (χ3n) is 11.4. The summed E-state index contributed by atoms with van der Waals surface area (Å²) in [6, 6.07) is 21.7. The van der Waals surface area contributed by atoms with Crippen LogP contribution in [0.3, 0.4) is 0 Å². The molecule has 0 aliphatic heterocycles. The number of halogens is 2. The van der Waals surface area contributed by atoms with Crippen LogP contribution in [0.15, 0.2) is 108 Å². The zero-order chi connectivity index (χ0) is 48.0. The Labute approximate surface area is 401 Å². The van der Waals surface area contributed by atoms with Gasteiger partial charge in [-0.2, -0.15) is 0 Å². The number of hydrogen-bond acceptors (Lipinski definition) is 12. The first-order valence-corrected chi connectivity index (χ1v) is 22.4. The standard InChI is InChI=1S/C52H55Cl2N5O8/c1-31(34(4)61)51(52(62)63)59-25-41-15-45(53)49(17-47(41)64-27-37-13-35(19-55-5)21-57-23-37)66-29-39-9-7-11-43(32(39)2)44-12-8-10-40(33(44)3)30-67-50-18-48(42(26-60)16-46(50)54)65-28-38-14-36(20-56-6)22-58-24-38/h7-24,31,34,51,59-61H,25-30H2,1-6H3,(H,62,63)/b55-19+,56-20+/t31-,34-,51-/m0/s1. The van der Waals surface area contributed by atoms with Gasteiger partial charge in [0.15, 0.2) is 0 Å². The Morgan fingerprint density at radius 2 is 1.13 bits per heavy atom. The summed E-state index contributed by atoms with van der Waals surface area (Å²) in [6.07, 6.45) is 9.40. The van der Waals surface area contributed by atoms with E-state index in [1.165, 1.54) is 0 Å². The molecule has 350 valence electrons. The van der Waals surface area contributed by atoms with Gasteiger partial charge in [0.2, 0.25) is 0 Å². The van der Waals surface area contributed by atoms with Gasteiger partial charge in [-0.1, -0.05) is 66.5 Å². The van der Waals surface area contributed by atoms with Gasteiger partial charge in [-0.15, -0.1) is 0 Å². The number of pyridine rings is 2. The molecule has 3 atom stereocenters. The minimum absolute atomic E-state index is 0.0939. The van der Waals surface area contributed by atoms with Crippen LogP contribution < -0.4 is 24.3 Å². The lowest BCUT2D eigenvalue weighted by atomic mass is 9.92. The molecule has 0 spiro atoms. The fourth-order valence-corrected chi connectivity index (χ4v) is 7.89. The first kappa shape index (κ1) is 50.1. The number of carboxylic acid groups (broad SMARTS) is 1. The lowest BCUT2D eigenvalue weighted by Gasteiger charge is -2.24. The molecule has 0 saturated heterocycles. The molecule has 67 heavy (non-hydrogen) atoms. The molecule has 13 nitrogen and oxygen atoms in total. The van der Waals surface area contributed by atoms with Gasteiger partial charge in [-0.3, -0.25) is 30.1 Å². The molecule has 0 saturated carbocycles. The minimum Gasteiger partial charge on any atom is -0.488 e. The molecular weight excluding hydrogens is 894 g/mol. The molecule has 0 radical (unpaired) electrons. The van der Waals surface area contributed by atoms with Crippen molar-refractivity contribution in [2.45, 2.75) is 79.4 Å². The average Bonchev–Trinajstić information content (AvgIpc) is 3.31. The van der Waals surface area contributed by atoms with E-state index in [9.17, 15) is 20.1 Å². The highest BCUT2D eigenvalue weighted by Crippen LogP contribution is 2.37. The van der Waals surface area contributed by atoms with E-state index in [1.807, 2.05) is 43.3 Å². The molecule has 4 aromatic carbocycles. The minimum atomic E-state index is -1.08. The van der Waals surface area contributed by atoms with E-state index in [-0.39, 0.29) is 39.6 Å². The number of hydrogen-bond donors (Lipinski definition) is 4. The zero-order valence-corrected chi connectivity index (χ0v) is 39.8. The molecule has 2 heterocycles. The maximum absolute atomic E-state index is 12.2. The van der Waals surface area contributed by atoms with Gasteiger partial charge < -0.3 is 34.3 Å². The van der Waals surface area contributed by atoms with Crippen molar-refractivity contribution < 1.29 is 39.1 Å². The first-order valence-electron chi connectivity index (χ1n) is 21.6. The van der Waals surface area contributed by atoms with Gasteiger partial charge in [0, 0.05) is 109 Å². The summed E-state index contributed by atoms with van der Waals surface area (Å²) in [6.45, 7) is 7.96. The predicted octanol–water partition coefficient (Wildman–Crippen LogP) is 9.53. The molecular formula is C52H55Cl2N5O8. The topological polar surface area (TPSA) is 177 Å². The normalized spacial score (nSPS) is 12.9. The molecule has 0 amide bonds. The molecule has 0 unspecified atom stereocenters. The van der Waals surface area contributed by atoms with Crippen LogP contribution >= 0.6 is 23.2 Å². The summed E-state index contributed by atoms with van der Waals surface area (Å²) in [4.78, 5) is 28.9. The Bertz CT molecular complexity index is 2730. The largest absolute Gasteiger partial charge is 0.488 e. The van der Waals surface area contributed by atoms with Crippen LogP contribution in [0.5, 0.6) is 23.0 Å². The summed E-state index contributed by atoms with van der Waals surface area (Å²) in [7, 11) is 3.38. The van der Waals surface area contributed by atoms with Crippen LogP contribution in [0.2, 0.25) is 10.0 Å². The fraction of sp³-hybridized carbons (Fsp3) is 0.288. The number of ether oxygens (including phenoxy) is 4. The molecule has 0 aliphatic carbocycles. The molecule has 15 heteroatoms. The molecule has 2 aromatic heterocycles. The lowest BCUT2D eigenvalue weighted by Crippen LogP contribution is -2.45. The van der Waals surface area contributed by atoms with E-state index in [1.54, 1.807) is 89.4 Å². The van der Waals surface area contributed by atoms with Gasteiger partial charge in [0.1, 0.15) is 55.5 Å². The number of aromatic nitrogens is 2. The molecule has 6 rings (SSSR count). The van der Waals surface area contributed by atoms with E-state index in [0.717, 1.165) is 55.6 Å². The maximum atomic E-state index is 12.2. The van der Waals surface area contributed by atoms with E-state index in [4.69, 9.17) is 42.1 Å². The van der Waals surface area contributed by atoms with Crippen molar-refractivity contribution in [3.63, 3.8) is 0 Å². The second-order valence-corrected chi connectivity index (χ2v) is 16.9. The summed E-state index contributed by atoms with van der Waals surface area (Å²) in [5.74, 6) is 0.0248. The van der Waals surface area contributed by atoms with Crippen LogP contribution in [0, 0.1) is 19.8 Å². The molecule has 0 fully saturated rings. The molecule has 0 aliphatic rings. The number of carbonyl (C=O) groups is 1. The summed E-state index contributed by atoms with van der Waals surface area (Å²) >= 11 is 13.5.